The molecule has 2 aliphatic rings. The Balaban J connectivity index is 2.15. The largest absolute Gasteiger partial charge is 0.463 e. The molecule has 0 bridgehead atoms. The molecule has 0 radical (unpaired) electrons. The van der Waals surface area contributed by atoms with Gasteiger partial charge >= 0.3 is 5.97 Å². The second-order valence-electron chi connectivity index (χ2n) is 4.75. The number of aliphatic hydroxyl groups excluding tert-OH is 1. The Bertz CT molecular complexity index is 347. The molecule has 0 saturated carbocycles. The lowest BCUT2D eigenvalue weighted by Crippen LogP contribution is -2.39. The molecular weight excluding hydrogens is 224 g/mol. The average Bonchev–Trinajstić information content (AvgIpc) is 2.53. The predicted molar refractivity (Wildman–Crippen MR) is 59.2 cm³/mol. The molecule has 1 N–H and O–H groups in total. The Morgan fingerprint density at radius 2 is 2.29 bits per heavy atom. The second kappa shape index (κ2) is 4.40. The van der Waals surface area contributed by atoms with Crippen LogP contribution in [0.25, 0.3) is 0 Å². The number of esters is 1. The van der Waals surface area contributed by atoms with Gasteiger partial charge in [0.2, 0.25) is 0 Å². The molecule has 1 aliphatic carbocycles. The molecule has 3 atom stereocenters. The maximum atomic E-state index is 11.6. The number of rotatable bonds is 2. The first-order chi connectivity index (χ1) is 7.93. The first-order valence-electron chi connectivity index (χ1n) is 5.84. The quantitative estimate of drug-likeness (QED) is 0.724. The van der Waals surface area contributed by atoms with Crippen LogP contribution < -0.4 is 0 Å². The Kier molecular flexibility index (Phi) is 3.25. The molecule has 0 aromatic rings. The number of ether oxygens (including phenoxy) is 3. The fourth-order valence-electron chi connectivity index (χ4n) is 2.23. The first-order valence-corrected chi connectivity index (χ1v) is 5.84. The molecular formula is C12H18O5. The summed E-state index contributed by atoms with van der Waals surface area (Å²) < 4.78 is 16.1. The lowest BCUT2D eigenvalue weighted by molar-refractivity contribution is -0.152. The maximum Gasteiger partial charge on any atom is 0.333 e. The Hall–Kier alpha value is -0.910. The molecule has 0 aromatic heterocycles. The molecule has 0 amide bonds. The summed E-state index contributed by atoms with van der Waals surface area (Å²) in [6.45, 7) is 5.65. The number of carbonyl (C=O) groups is 1. The summed E-state index contributed by atoms with van der Waals surface area (Å²) in [6, 6.07) is 0. The molecule has 1 unspecified atom stereocenters. The molecule has 5 heteroatoms. The lowest BCUT2D eigenvalue weighted by atomic mass is 9.92. The van der Waals surface area contributed by atoms with Crippen LogP contribution in [0.3, 0.4) is 0 Å². The van der Waals surface area contributed by atoms with E-state index >= 15 is 0 Å². The zero-order valence-electron chi connectivity index (χ0n) is 10.3. The van der Waals surface area contributed by atoms with Gasteiger partial charge in [0.15, 0.2) is 5.79 Å². The van der Waals surface area contributed by atoms with Gasteiger partial charge in [-0.2, -0.15) is 0 Å². The van der Waals surface area contributed by atoms with Gasteiger partial charge in [-0.15, -0.1) is 0 Å². The van der Waals surface area contributed by atoms with Crippen LogP contribution in [0.15, 0.2) is 11.6 Å². The lowest BCUT2D eigenvalue weighted by Gasteiger charge is -2.26. The van der Waals surface area contributed by atoms with Crippen LogP contribution in [0.1, 0.15) is 27.2 Å². The van der Waals surface area contributed by atoms with Gasteiger partial charge in [-0.05, 0) is 26.8 Å². The van der Waals surface area contributed by atoms with Crippen molar-refractivity contribution in [1.82, 2.24) is 0 Å². The van der Waals surface area contributed by atoms with E-state index in [4.69, 9.17) is 14.2 Å². The summed E-state index contributed by atoms with van der Waals surface area (Å²) in [7, 11) is 0. The van der Waals surface area contributed by atoms with E-state index in [9.17, 15) is 9.90 Å². The Labute approximate surface area is 100 Å². The van der Waals surface area contributed by atoms with Gasteiger partial charge < -0.3 is 19.3 Å². The van der Waals surface area contributed by atoms with Gasteiger partial charge in [0.25, 0.3) is 0 Å². The van der Waals surface area contributed by atoms with E-state index in [0.29, 0.717) is 12.2 Å². The SMILES string of the molecule is CCOC(=O)C1=C[C@H]2OC(C)(C)O[C@H]2C(O)C1. The highest BCUT2D eigenvalue weighted by Gasteiger charge is 2.47. The molecule has 17 heavy (non-hydrogen) atoms. The predicted octanol–water partition coefficient (Wildman–Crippen LogP) is 0.761. The van der Waals surface area contributed by atoms with Crippen LogP contribution in [-0.4, -0.2) is 41.8 Å². The van der Waals surface area contributed by atoms with Crippen LogP contribution >= 0.6 is 0 Å². The third kappa shape index (κ3) is 2.51. The van der Waals surface area contributed by atoms with E-state index in [1.54, 1.807) is 26.8 Å². The molecule has 1 fully saturated rings. The van der Waals surface area contributed by atoms with Crippen molar-refractivity contribution in [3.05, 3.63) is 11.6 Å². The van der Waals surface area contributed by atoms with Gasteiger partial charge in [-0.1, -0.05) is 0 Å². The van der Waals surface area contributed by atoms with Crippen LogP contribution in [0.4, 0.5) is 0 Å². The molecule has 2 rings (SSSR count). The summed E-state index contributed by atoms with van der Waals surface area (Å²) >= 11 is 0. The highest BCUT2D eigenvalue weighted by Crippen LogP contribution is 2.36. The minimum absolute atomic E-state index is 0.249. The van der Waals surface area contributed by atoms with Crippen LogP contribution in [0.5, 0.6) is 0 Å². The minimum atomic E-state index is -0.730. The van der Waals surface area contributed by atoms with Crippen molar-refractivity contribution < 1.29 is 24.1 Å². The molecule has 0 aromatic carbocycles. The third-order valence-corrected chi connectivity index (χ3v) is 2.87. The fourth-order valence-corrected chi connectivity index (χ4v) is 2.23. The van der Waals surface area contributed by atoms with Crippen molar-refractivity contribution in [2.75, 3.05) is 6.61 Å². The van der Waals surface area contributed by atoms with Gasteiger partial charge in [0.1, 0.15) is 12.2 Å². The van der Waals surface area contributed by atoms with Gasteiger partial charge in [0, 0.05) is 12.0 Å². The van der Waals surface area contributed by atoms with E-state index in [2.05, 4.69) is 0 Å². The zero-order valence-corrected chi connectivity index (χ0v) is 10.3. The average molecular weight is 242 g/mol. The van der Waals surface area contributed by atoms with Crippen molar-refractivity contribution in [3.8, 4) is 0 Å². The van der Waals surface area contributed by atoms with Gasteiger partial charge in [-0.3, -0.25) is 0 Å². The van der Waals surface area contributed by atoms with Crippen molar-refractivity contribution >= 4 is 5.97 Å². The normalized spacial score (nSPS) is 35.1. The molecule has 1 aliphatic heterocycles. The molecule has 5 nitrogen and oxygen atoms in total. The van der Waals surface area contributed by atoms with Crippen molar-refractivity contribution in [2.24, 2.45) is 0 Å². The molecule has 96 valence electrons. The second-order valence-corrected chi connectivity index (χ2v) is 4.75. The molecule has 0 spiro atoms. The zero-order chi connectivity index (χ0) is 12.6. The third-order valence-electron chi connectivity index (χ3n) is 2.87. The van der Waals surface area contributed by atoms with Crippen LogP contribution in [0, 0.1) is 0 Å². The number of aliphatic hydroxyl groups is 1. The maximum absolute atomic E-state index is 11.6. The van der Waals surface area contributed by atoms with E-state index in [-0.39, 0.29) is 12.5 Å². The smallest absolute Gasteiger partial charge is 0.333 e. The van der Waals surface area contributed by atoms with E-state index in [1.807, 2.05) is 0 Å². The first kappa shape index (κ1) is 12.5. The summed E-state index contributed by atoms with van der Waals surface area (Å²) in [5.41, 5.74) is 0.460. The Morgan fingerprint density at radius 3 is 2.94 bits per heavy atom. The summed E-state index contributed by atoms with van der Waals surface area (Å²) in [6.07, 6.45) is 0.436. The van der Waals surface area contributed by atoms with Gasteiger partial charge in [0.05, 0.1) is 12.7 Å². The fraction of sp³-hybridized carbons (Fsp3) is 0.750. The van der Waals surface area contributed by atoms with E-state index in [1.165, 1.54) is 0 Å². The number of hydrogen-bond acceptors (Lipinski definition) is 5. The van der Waals surface area contributed by atoms with E-state index < -0.39 is 24.0 Å². The van der Waals surface area contributed by atoms with E-state index in [0.717, 1.165) is 0 Å². The molecule has 1 saturated heterocycles. The highest BCUT2D eigenvalue weighted by molar-refractivity contribution is 5.88. The van der Waals surface area contributed by atoms with Crippen molar-refractivity contribution in [1.29, 1.82) is 0 Å². The van der Waals surface area contributed by atoms with Crippen molar-refractivity contribution in [3.63, 3.8) is 0 Å². The van der Waals surface area contributed by atoms with Crippen molar-refractivity contribution in [2.45, 2.75) is 51.3 Å². The standard InChI is InChI=1S/C12H18O5/c1-4-15-11(14)7-5-8(13)10-9(6-7)16-12(2,3)17-10/h6,8-10,13H,4-5H2,1-3H3/t8?,9-,10+/m1/s1. The summed E-state index contributed by atoms with van der Waals surface area (Å²) in [4.78, 5) is 11.6. The summed E-state index contributed by atoms with van der Waals surface area (Å²) in [5, 5.41) is 9.95. The minimum Gasteiger partial charge on any atom is -0.463 e. The van der Waals surface area contributed by atoms with Crippen LogP contribution in [0.2, 0.25) is 0 Å². The number of carbonyl (C=O) groups excluding carboxylic acids is 1. The highest BCUT2D eigenvalue weighted by atomic mass is 16.8. The number of fused-ring (bicyclic) bond motifs is 1. The van der Waals surface area contributed by atoms with Gasteiger partial charge in [-0.25, -0.2) is 4.79 Å². The molecule has 1 heterocycles. The topological polar surface area (TPSA) is 65.0 Å². The monoisotopic (exact) mass is 242 g/mol. The Morgan fingerprint density at radius 1 is 1.59 bits per heavy atom. The summed E-state index contributed by atoms with van der Waals surface area (Å²) in [5.74, 6) is -1.12. The number of hydrogen-bond donors (Lipinski definition) is 1. The van der Waals surface area contributed by atoms with Crippen LogP contribution in [-0.2, 0) is 19.0 Å².